The van der Waals surface area contributed by atoms with Gasteiger partial charge in [-0.3, -0.25) is 14.9 Å². The Kier molecular flexibility index (Phi) is 4.89. The van der Waals surface area contributed by atoms with Gasteiger partial charge in [0.2, 0.25) is 0 Å². The number of nitro benzene ring substituents is 1. The summed E-state index contributed by atoms with van der Waals surface area (Å²) in [5, 5.41) is 16.0. The molecule has 0 bridgehead atoms. The van der Waals surface area contributed by atoms with Crippen LogP contribution in [-0.2, 0) is 0 Å². The summed E-state index contributed by atoms with van der Waals surface area (Å²) in [6.45, 7) is 1.80. The zero-order valence-corrected chi connectivity index (χ0v) is 15.1. The molecule has 0 aliphatic rings. The van der Waals surface area contributed by atoms with Crippen molar-refractivity contribution in [3.63, 3.8) is 0 Å². The number of benzene rings is 2. The predicted molar refractivity (Wildman–Crippen MR) is 103 cm³/mol. The number of hydrogen-bond donors (Lipinski definition) is 1. The molecule has 0 aliphatic carbocycles. The maximum Gasteiger partial charge on any atom is 0.307 e. The van der Waals surface area contributed by atoms with E-state index in [2.05, 4.69) is 10.5 Å². The van der Waals surface area contributed by atoms with E-state index in [1.165, 1.54) is 12.3 Å². The van der Waals surface area contributed by atoms with E-state index in [-0.39, 0.29) is 11.4 Å². The standard InChI is InChI=1S/C19H18N4O4/c1-12-14-6-4-5-7-17(14)27-18(12)19(24)21-20-11-13-8-9-15(22(2)3)16(10-13)23(25)26/h4-11H,1-3H3,(H,21,24)/b20-11-. The van der Waals surface area contributed by atoms with Gasteiger partial charge in [-0.2, -0.15) is 5.10 Å². The van der Waals surface area contributed by atoms with Crippen LogP contribution in [0.2, 0.25) is 0 Å². The highest BCUT2D eigenvalue weighted by atomic mass is 16.6. The lowest BCUT2D eigenvalue weighted by Gasteiger charge is -2.12. The largest absolute Gasteiger partial charge is 0.451 e. The molecule has 3 rings (SSSR count). The first-order chi connectivity index (χ1) is 12.9. The average molecular weight is 366 g/mol. The number of hydrogen-bond acceptors (Lipinski definition) is 6. The van der Waals surface area contributed by atoms with Crippen LogP contribution >= 0.6 is 0 Å². The quantitative estimate of drug-likeness (QED) is 0.423. The average Bonchev–Trinajstić information content (AvgIpc) is 2.98. The smallest absolute Gasteiger partial charge is 0.307 e. The van der Waals surface area contributed by atoms with Gasteiger partial charge in [0.15, 0.2) is 5.76 Å². The first-order valence-electron chi connectivity index (χ1n) is 8.16. The Morgan fingerprint density at radius 3 is 2.67 bits per heavy atom. The van der Waals surface area contributed by atoms with Gasteiger partial charge < -0.3 is 9.32 Å². The Labute approximate surface area is 155 Å². The fourth-order valence-electron chi connectivity index (χ4n) is 2.75. The van der Waals surface area contributed by atoms with Crippen molar-refractivity contribution in [1.29, 1.82) is 0 Å². The van der Waals surface area contributed by atoms with Crippen LogP contribution in [0.25, 0.3) is 11.0 Å². The molecule has 0 saturated heterocycles. The fraction of sp³-hybridized carbons (Fsp3) is 0.158. The molecule has 0 fully saturated rings. The number of amides is 1. The van der Waals surface area contributed by atoms with Crippen LogP contribution in [0, 0.1) is 17.0 Å². The molecule has 1 heterocycles. The molecule has 1 N–H and O–H groups in total. The Morgan fingerprint density at radius 1 is 1.26 bits per heavy atom. The van der Waals surface area contributed by atoms with E-state index in [0.29, 0.717) is 16.8 Å². The van der Waals surface area contributed by atoms with Gasteiger partial charge in [-0.05, 0) is 19.1 Å². The number of nitrogens with zero attached hydrogens (tertiary/aromatic N) is 3. The summed E-state index contributed by atoms with van der Waals surface area (Å²) in [7, 11) is 3.46. The van der Waals surface area contributed by atoms with Crippen LogP contribution in [0.4, 0.5) is 11.4 Å². The van der Waals surface area contributed by atoms with Crippen LogP contribution < -0.4 is 10.3 Å². The molecule has 0 atom stereocenters. The lowest BCUT2D eigenvalue weighted by Crippen LogP contribution is -2.17. The molecule has 2 aromatic carbocycles. The van der Waals surface area contributed by atoms with Crippen molar-refractivity contribution in [2.75, 3.05) is 19.0 Å². The molecular formula is C19H18N4O4. The van der Waals surface area contributed by atoms with Crippen LogP contribution in [0.3, 0.4) is 0 Å². The second kappa shape index (κ2) is 7.28. The van der Waals surface area contributed by atoms with Gasteiger partial charge in [-0.1, -0.05) is 24.3 Å². The number of carbonyl (C=O) groups is 1. The van der Waals surface area contributed by atoms with Gasteiger partial charge in [0.1, 0.15) is 11.3 Å². The molecule has 1 aromatic heterocycles. The number of carbonyl (C=O) groups excluding carboxylic acids is 1. The highest BCUT2D eigenvalue weighted by Crippen LogP contribution is 2.27. The van der Waals surface area contributed by atoms with Crippen molar-refractivity contribution >= 4 is 34.5 Å². The minimum absolute atomic E-state index is 0.0385. The van der Waals surface area contributed by atoms with Crippen molar-refractivity contribution in [3.8, 4) is 0 Å². The number of rotatable bonds is 5. The van der Waals surface area contributed by atoms with Crippen molar-refractivity contribution in [3.05, 3.63) is 69.5 Å². The van der Waals surface area contributed by atoms with E-state index < -0.39 is 10.8 Å². The Hall–Kier alpha value is -3.68. The molecule has 0 saturated carbocycles. The van der Waals surface area contributed by atoms with E-state index in [1.54, 1.807) is 44.1 Å². The first-order valence-corrected chi connectivity index (χ1v) is 8.16. The third-order valence-electron chi connectivity index (χ3n) is 4.11. The summed E-state index contributed by atoms with van der Waals surface area (Å²) in [5.74, 6) is -0.304. The topological polar surface area (TPSA) is 101 Å². The normalized spacial score (nSPS) is 11.1. The van der Waals surface area contributed by atoms with Gasteiger partial charge >= 0.3 is 5.91 Å². The third-order valence-corrected chi connectivity index (χ3v) is 4.11. The number of furan rings is 1. The summed E-state index contributed by atoms with van der Waals surface area (Å²) in [6.07, 6.45) is 1.35. The minimum Gasteiger partial charge on any atom is -0.451 e. The molecule has 0 spiro atoms. The maximum absolute atomic E-state index is 12.3. The maximum atomic E-state index is 12.3. The van der Waals surface area contributed by atoms with Crippen LogP contribution in [0.1, 0.15) is 21.7 Å². The molecule has 0 aliphatic heterocycles. The SMILES string of the molecule is Cc1c(C(=O)N/N=C\c2ccc(N(C)C)c([N+](=O)[O-])c2)oc2ccccc12. The monoisotopic (exact) mass is 366 g/mol. The van der Waals surface area contributed by atoms with Crippen molar-refractivity contribution in [2.24, 2.45) is 5.10 Å². The fourth-order valence-corrected chi connectivity index (χ4v) is 2.75. The second-order valence-electron chi connectivity index (χ2n) is 6.15. The predicted octanol–water partition coefficient (Wildman–Crippen LogP) is 3.48. The van der Waals surface area contributed by atoms with Crippen molar-refractivity contribution < 1.29 is 14.1 Å². The zero-order valence-electron chi connectivity index (χ0n) is 15.1. The van der Waals surface area contributed by atoms with E-state index in [1.807, 2.05) is 18.2 Å². The van der Waals surface area contributed by atoms with E-state index >= 15 is 0 Å². The van der Waals surface area contributed by atoms with Crippen molar-refractivity contribution in [2.45, 2.75) is 6.92 Å². The number of para-hydroxylation sites is 1. The number of nitrogens with one attached hydrogen (secondary N) is 1. The number of hydrazone groups is 1. The second-order valence-corrected chi connectivity index (χ2v) is 6.15. The molecule has 1 amide bonds. The van der Waals surface area contributed by atoms with Gasteiger partial charge in [-0.25, -0.2) is 5.43 Å². The third kappa shape index (κ3) is 3.64. The van der Waals surface area contributed by atoms with Crippen LogP contribution in [-0.4, -0.2) is 31.1 Å². The number of fused-ring (bicyclic) bond motifs is 1. The number of nitro groups is 1. The summed E-state index contributed by atoms with van der Waals surface area (Å²) in [5.41, 5.74) is 4.68. The zero-order chi connectivity index (χ0) is 19.6. The van der Waals surface area contributed by atoms with Gasteiger partial charge in [0.05, 0.1) is 11.1 Å². The van der Waals surface area contributed by atoms with Gasteiger partial charge in [0, 0.05) is 36.7 Å². The molecular weight excluding hydrogens is 348 g/mol. The highest BCUT2D eigenvalue weighted by molar-refractivity contribution is 5.99. The minimum atomic E-state index is -0.487. The van der Waals surface area contributed by atoms with Crippen LogP contribution in [0.15, 0.2) is 52.0 Å². The van der Waals surface area contributed by atoms with Gasteiger partial charge in [0.25, 0.3) is 5.69 Å². The van der Waals surface area contributed by atoms with Crippen molar-refractivity contribution in [1.82, 2.24) is 5.43 Å². The van der Waals surface area contributed by atoms with Crippen LogP contribution in [0.5, 0.6) is 0 Å². The lowest BCUT2D eigenvalue weighted by atomic mass is 10.1. The number of anilines is 1. The Bertz CT molecular complexity index is 1050. The van der Waals surface area contributed by atoms with Gasteiger partial charge in [-0.15, -0.1) is 0 Å². The molecule has 0 radical (unpaired) electrons. The summed E-state index contributed by atoms with van der Waals surface area (Å²) in [6, 6.07) is 12.1. The Morgan fingerprint density at radius 2 is 2.00 bits per heavy atom. The lowest BCUT2D eigenvalue weighted by molar-refractivity contribution is -0.384. The first kappa shape index (κ1) is 18.1. The molecule has 27 heavy (non-hydrogen) atoms. The molecule has 8 nitrogen and oxygen atoms in total. The summed E-state index contributed by atoms with van der Waals surface area (Å²) in [4.78, 5) is 24.7. The summed E-state index contributed by atoms with van der Waals surface area (Å²) < 4.78 is 5.58. The Balaban J connectivity index is 1.78. The van der Waals surface area contributed by atoms with E-state index in [4.69, 9.17) is 4.42 Å². The molecule has 138 valence electrons. The van der Waals surface area contributed by atoms with E-state index in [9.17, 15) is 14.9 Å². The molecule has 8 heteroatoms. The van der Waals surface area contributed by atoms with E-state index in [0.717, 1.165) is 10.9 Å². The summed E-state index contributed by atoms with van der Waals surface area (Å²) >= 11 is 0. The molecule has 3 aromatic rings. The number of aryl methyl sites for hydroxylation is 1. The molecule has 0 unspecified atom stereocenters. The highest BCUT2D eigenvalue weighted by Gasteiger charge is 2.17.